The number of nitrogen functional groups attached to an aromatic ring is 1. The highest BCUT2D eigenvalue weighted by Crippen LogP contribution is 2.36. The van der Waals surface area contributed by atoms with Crippen molar-refractivity contribution in [2.75, 3.05) is 19.8 Å². The van der Waals surface area contributed by atoms with Gasteiger partial charge >= 0.3 is 0 Å². The fourth-order valence-electron chi connectivity index (χ4n) is 3.10. The molecule has 0 saturated carbocycles. The number of pyridine rings is 1. The molecule has 0 aliphatic carbocycles. The van der Waals surface area contributed by atoms with E-state index in [1.807, 2.05) is 25.1 Å². The van der Waals surface area contributed by atoms with Gasteiger partial charge in [-0.2, -0.15) is 0 Å². The highest BCUT2D eigenvalue weighted by atomic mass is 19.1. The van der Waals surface area contributed by atoms with Crippen molar-refractivity contribution in [3.63, 3.8) is 0 Å². The maximum Gasteiger partial charge on any atom is 0.220 e. The van der Waals surface area contributed by atoms with Crippen LogP contribution < -0.4 is 10.5 Å². The zero-order valence-corrected chi connectivity index (χ0v) is 15.5. The minimum Gasteiger partial charge on any atom is -0.456 e. The van der Waals surface area contributed by atoms with Gasteiger partial charge in [-0.15, -0.1) is 0 Å². The third-order valence-electron chi connectivity index (χ3n) is 4.14. The first-order valence-corrected chi connectivity index (χ1v) is 8.66. The lowest BCUT2D eigenvalue weighted by molar-refractivity contribution is 0.399. The van der Waals surface area contributed by atoms with Crippen LogP contribution in [0.1, 0.15) is 5.56 Å². The van der Waals surface area contributed by atoms with E-state index in [4.69, 9.17) is 10.5 Å². The third-order valence-corrected chi connectivity index (χ3v) is 4.14. The second-order valence-corrected chi connectivity index (χ2v) is 6.67. The Morgan fingerprint density at radius 2 is 1.96 bits per heavy atom. The zero-order valence-electron chi connectivity index (χ0n) is 15.5. The van der Waals surface area contributed by atoms with Crippen LogP contribution in [0.15, 0.2) is 48.9 Å². The van der Waals surface area contributed by atoms with E-state index in [9.17, 15) is 4.39 Å². The lowest BCUT2D eigenvalue weighted by Crippen LogP contribution is -2.10. The molecule has 7 nitrogen and oxygen atoms in total. The summed E-state index contributed by atoms with van der Waals surface area (Å²) >= 11 is 0. The fraction of sp³-hybridized carbons (Fsp3) is 0.150. The number of hydrogen-bond acceptors (Lipinski definition) is 6. The number of fused-ring (bicyclic) bond motifs is 1. The number of rotatable bonds is 5. The summed E-state index contributed by atoms with van der Waals surface area (Å²) in [6.07, 6.45) is 5.01. The van der Waals surface area contributed by atoms with E-state index >= 15 is 0 Å². The van der Waals surface area contributed by atoms with Crippen molar-refractivity contribution in [2.45, 2.75) is 6.54 Å². The Labute approximate surface area is 161 Å². The van der Waals surface area contributed by atoms with Crippen LogP contribution in [0.25, 0.3) is 22.3 Å². The molecule has 0 bridgehead atoms. The van der Waals surface area contributed by atoms with Gasteiger partial charge in [-0.3, -0.25) is 0 Å². The second kappa shape index (κ2) is 7.24. The number of nitrogens with two attached hydrogens (primary N) is 1. The number of H-pyrrole nitrogens is 1. The van der Waals surface area contributed by atoms with Crippen LogP contribution in [-0.2, 0) is 6.54 Å². The van der Waals surface area contributed by atoms with E-state index in [1.54, 1.807) is 30.7 Å². The van der Waals surface area contributed by atoms with Crippen molar-refractivity contribution in [1.82, 2.24) is 24.8 Å². The molecular formula is C20H19FN6O. The molecule has 28 heavy (non-hydrogen) atoms. The van der Waals surface area contributed by atoms with Gasteiger partial charge in [-0.25, -0.2) is 19.3 Å². The van der Waals surface area contributed by atoms with Crippen LogP contribution >= 0.6 is 0 Å². The molecule has 1 aromatic carbocycles. The number of benzene rings is 1. The Kier molecular flexibility index (Phi) is 4.62. The lowest BCUT2D eigenvalue weighted by Gasteiger charge is -2.13. The van der Waals surface area contributed by atoms with Crippen molar-refractivity contribution in [2.24, 2.45) is 0 Å². The largest absolute Gasteiger partial charge is 0.456 e. The van der Waals surface area contributed by atoms with Gasteiger partial charge in [0.15, 0.2) is 0 Å². The predicted molar refractivity (Wildman–Crippen MR) is 105 cm³/mol. The standard InChI is InChI=1S/C20H19FN6O/c1-27(2)11-12-7-13(21)9-14(8-12)28-17-4-6-23-19-18(17)15(10-25-19)16-3-5-24-20(22)26-16/h3-10H,11H2,1-2H3,(H,23,25)(H2,22,24,26). The molecule has 8 heteroatoms. The smallest absolute Gasteiger partial charge is 0.220 e. The monoisotopic (exact) mass is 378 g/mol. The molecule has 0 atom stereocenters. The molecule has 0 saturated heterocycles. The van der Waals surface area contributed by atoms with Gasteiger partial charge in [-0.1, -0.05) is 0 Å². The molecule has 0 fully saturated rings. The Morgan fingerprint density at radius 1 is 1.14 bits per heavy atom. The SMILES string of the molecule is CN(C)Cc1cc(F)cc(Oc2ccnc3[nH]cc(-c4ccnc(N)n4)c23)c1. The summed E-state index contributed by atoms with van der Waals surface area (Å²) in [7, 11) is 3.86. The maximum atomic E-state index is 14.1. The summed E-state index contributed by atoms with van der Waals surface area (Å²) in [5.74, 6) is 0.785. The molecule has 0 radical (unpaired) electrons. The van der Waals surface area contributed by atoms with Crippen molar-refractivity contribution in [3.8, 4) is 22.8 Å². The molecule has 142 valence electrons. The number of anilines is 1. The molecule has 0 spiro atoms. The van der Waals surface area contributed by atoms with Crippen LogP contribution in [0.4, 0.5) is 10.3 Å². The van der Waals surface area contributed by atoms with E-state index in [0.29, 0.717) is 29.4 Å². The molecular weight excluding hydrogens is 359 g/mol. The topological polar surface area (TPSA) is 93.0 Å². The number of ether oxygens (including phenoxy) is 1. The number of nitrogens with zero attached hydrogens (tertiary/aromatic N) is 4. The van der Waals surface area contributed by atoms with Crippen molar-refractivity contribution >= 4 is 17.0 Å². The maximum absolute atomic E-state index is 14.1. The van der Waals surface area contributed by atoms with Crippen LogP contribution in [-0.4, -0.2) is 38.9 Å². The lowest BCUT2D eigenvalue weighted by atomic mass is 10.1. The zero-order chi connectivity index (χ0) is 19.7. The van der Waals surface area contributed by atoms with Crippen LogP contribution in [0, 0.1) is 5.82 Å². The summed E-state index contributed by atoms with van der Waals surface area (Å²) in [5, 5.41) is 0.735. The molecule has 4 aromatic rings. The first-order valence-electron chi connectivity index (χ1n) is 8.66. The Balaban J connectivity index is 1.78. The van der Waals surface area contributed by atoms with Crippen molar-refractivity contribution < 1.29 is 9.13 Å². The van der Waals surface area contributed by atoms with Gasteiger partial charge in [0.1, 0.15) is 23.0 Å². The molecule has 0 unspecified atom stereocenters. The van der Waals surface area contributed by atoms with Crippen LogP contribution in [0.2, 0.25) is 0 Å². The molecule has 0 aliphatic rings. The van der Waals surface area contributed by atoms with Gasteiger partial charge in [-0.05, 0) is 43.9 Å². The first kappa shape index (κ1) is 17.9. The number of aromatic amines is 1. The van der Waals surface area contributed by atoms with Crippen LogP contribution in [0.5, 0.6) is 11.5 Å². The average Bonchev–Trinajstić information content (AvgIpc) is 3.06. The summed E-state index contributed by atoms with van der Waals surface area (Å²) in [4.78, 5) is 17.6. The van der Waals surface area contributed by atoms with E-state index in [1.165, 1.54) is 12.1 Å². The minimum absolute atomic E-state index is 0.177. The number of nitrogens with one attached hydrogen (secondary N) is 1. The normalized spacial score (nSPS) is 11.3. The van der Waals surface area contributed by atoms with E-state index in [-0.39, 0.29) is 11.8 Å². The van der Waals surface area contributed by atoms with Gasteiger partial charge < -0.3 is 20.4 Å². The molecule has 0 aliphatic heterocycles. The molecule has 0 amide bonds. The van der Waals surface area contributed by atoms with E-state index in [2.05, 4.69) is 19.9 Å². The van der Waals surface area contributed by atoms with E-state index in [0.717, 1.165) is 16.5 Å². The van der Waals surface area contributed by atoms with Gasteiger partial charge in [0, 0.05) is 36.8 Å². The van der Waals surface area contributed by atoms with Gasteiger partial charge in [0.25, 0.3) is 0 Å². The average molecular weight is 378 g/mol. The summed E-state index contributed by atoms with van der Waals surface area (Å²) in [5.41, 5.74) is 8.59. The quantitative estimate of drug-likeness (QED) is 0.551. The molecule has 4 rings (SSSR count). The molecule has 3 aromatic heterocycles. The van der Waals surface area contributed by atoms with Gasteiger partial charge in [0.05, 0.1) is 11.1 Å². The Morgan fingerprint density at radius 3 is 2.75 bits per heavy atom. The summed E-state index contributed by atoms with van der Waals surface area (Å²) < 4.78 is 20.1. The minimum atomic E-state index is -0.350. The second-order valence-electron chi connectivity index (χ2n) is 6.67. The highest BCUT2D eigenvalue weighted by molar-refractivity contribution is 5.97. The molecule has 3 heterocycles. The number of hydrogen-bond donors (Lipinski definition) is 2. The van der Waals surface area contributed by atoms with Gasteiger partial charge in [0.2, 0.25) is 5.95 Å². The first-order chi connectivity index (χ1) is 13.5. The van der Waals surface area contributed by atoms with E-state index < -0.39 is 0 Å². The summed E-state index contributed by atoms with van der Waals surface area (Å²) in [6.45, 7) is 0.607. The Bertz CT molecular complexity index is 1140. The number of aromatic nitrogens is 4. The Hall–Kier alpha value is -3.52. The van der Waals surface area contributed by atoms with Crippen molar-refractivity contribution in [3.05, 3.63) is 60.3 Å². The third kappa shape index (κ3) is 3.63. The van der Waals surface area contributed by atoms with Crippen molar-refractivity contribution in [1.29, 1.82) is 0 Å². The summed E-state index contributed by atoms with van der Waals surface area (Å²) in [6, 6.07) is 8.18. The van der Waals surface area contributed by atoms with Crippen LogP contribution in [0.3, 0.4) is 0 Å². The number of halogens is 1. The predicted octanol–water partition coefficient (Wildman–Crippen LogP) is 3.60. The molecule has 3 N–H and O–H groups in total. The highest BCUT2D eigenvalue weighted by Gasteiger charge is 2.15. The fourth-order valence-corrected chi connectivity index (χ4v) is 3.10.